The van der Waals surface area contributed by atoms with Crippen LogP contribution in [0.15, 0.2) is 4.99 Å². The summed E-state index contributed by atoms with van der Waals surface area (Å²) >= 11 is 0. The Labute approximate surface area is 215 Å². The zero-order valence-electron chi connectivity index (χ0n) is 21.1. The van der Waals surface area contributed by atoms with Gasteiger partial charge in [-0.25, -0.2) is 4.79 Å². The fourth-order valence-corrected chi connectivity index (χ4v) is 4.19. The van der Waals surface area contributed by atoms with E-state index in [9.17, 15) is 34.2 Å². The standard InChI is InChI=1S/C22H40N8O7/c1-13(31)16(17(24)33)29-20(37)22(9-6-12-30(22)15(32)8-3-2-4-10-23)19(36)28-14(18(34)35)7-5-11-27-21(25)26/h13-14,16,31H,2-12,23H2,1H3,(H2,24,33)(H,28,36)(H,29,37)(H,34,35)(H4,25,26,27)/t13?,14-,16?,22-/m0/s1. The average Bonchev–Trinajstić information content (AvgIpc) is 3.27. The Hall–Kier alpha value is -3.46. The SMILES string of the molecule is CC(O)C(NC(=O)[C@@]1(C(=O)N[C@@H](CCCN=C(N)N)C(=O)O)CCCN1C(=O)CCCCCN)C(N)=O. The number of nitrogens with zero attached hydrogens (tertiary/aromatic N) is 2. The number of guanidine groups is 1. The molecule has 1 heterocycles. The van der Waals surface area contributed by atoms with Crippen molar-refractivity contribution in [1.82, 2.24) is 15.5 Å². The summed E-state index contributed by atoms with van der Waals surface area (Å²) in [6.45, 7) is 1.87. The van der Waals surface area contributed by atoms with E-state index in [4.69, 9.17) is 22.9 Å². The zero-order valence-corrected chi connectivity index (χ0v) is 21.1. The first-order valence-electron chi connectivity index (χ1n) is 12.3. The maximum Gasteiger partial charge on any atom is 0.326 e. The third-order valence-corrected chi connectivity index (χ3v) is 6.15. The van der Waals surface area contributed by atoms with Gasteiger partial charge in [-0.05, 0) is 52.0 Å². The van der Waals surface area contributed by atoms with E-state index >= 15 is 0 Å². The first kappa shape index (κ1) is 31.6. The highest BCUT2D eigenvalue weighted by Crippen LogP contribution is 2.32. The Morgan fingerprint density at radius 1 is 1.03 bits per heavy atom. The molecule has 1 fully saturated rings. The number of aliphatic carboxylic acids is 1. The number of carbonyl (C=O) groups is 5. The number of primary amides is 1. The third-order valence-electron chi connectivity index (χ3n) is 6.15. The molecule has 1 rings (SSSR count). The monoisotopic (exact) mass is 528 g/mol. The first-order valence-corrected chi connectivity index (χ1v) is 12.3. The summed E-state index contributed by atoms with van der Waals surface area (Å²) in [5, 5.41) is 24.2. The van der Waals surface area contributed by atoms with E-state index < -0.39 is 53.3 Å². The maximum atomic E-state index is 13.6. The molecule has 1 aliphatic heterocycles. The van der Waals surface area contributed by atoms with Crippen LogP contribution in [-0.4, -0.2) is 94.0 Å². The van der Waals surface area contributed by atoms with Crippen molar-refractivity contribution in [3.05, 3.63) is 0 Å². The summed E-state index contributed by atoms with van der Waals surface area (Å²) in [6, 6.07) is -2.94. The van der Waals surface area contributed by atoms with Gasteiger partial charge in [-0.15, -0.1) is 0 Å². The number of hydrogen-bond acceptors (Lipinski definition) is 8. The minimum Gasteiger partial charge on any atom is -0.480 e. The molecule has 4 atom stereocenters. The number of hydrogen-bond donors (Lipinski definition) is 8. The summed E-state index contributed by atoms with van der Waals surface area (Å²) in [5.74, 6) is -5.09. The highest BCUT2D eigenvalue weighted by atomic mass is 16.4. The molecule has 0 aromatic heterocycles. The van der Waals surface area contributed by atoms with E-state index in [2.05, 4.69) is 15.6 Å². The molecule has 0 saturated carbocycles. The smallest absolute Gasteiger partial charge is 0.326 e. The minimum absolute atomic E-state index is 0.0405. The number of nitrogens with two attached hydrogens (primary N) is 4. The van der Waals surface area contributed by atoms with Gasteiger partial charge in [-0.2, -0.15) is 0 Å². The van der Waals surface area contributed by atoms with Gasteiger partial charge in [0.15, 0.2) is 5.96 Å². The lowest BCUT2D eigenvalue weighted by atomic mass is 9.91. The molecule has 0 radical (unpaired) electrons. The van der Waals surface area contributed by atoms with Crippen LogP contribution in [0, 0.1) is 0 Å². The second kappa shape index (κ2) is 14.9. The molecular formula is C22H40N8O7. The predicted octanol–water partition coefficient (Wildman–Crippen LogP) is -3.16. The van der Waals surface area contributed by atoms with Crippen LogP contribution in [0.25, 0.3) is 0 Å². The average molecular weight is 529 g/mol. The van der Waals surface area contributed by atoms with Gasteiger partial charge in [0.1, 0.15) is 12.1 Å². The quantitative estimate of drug-likeness (QED) is 0.0431. The number of carboxylic acids is 1. The fraction of sp³-hybridized carbons (Fsp3) is 0.727. The zero-order chi connectivity index (χ0) is 28.2. The van der Waals surface area contributed by atoms with E-state index in [1.165, 1.54) is 6.92 Å². The molecule has 2 unspecified atom stereocenters. The molecule has 0 aromatic rings. The first-order chi connectivity index (χ1) is 17.4. The van der Waals surface area contributed by atoms with E-state index in [-0.39, 0.29) is 51.2 Å². The largest absolute Gasteiger partial charge is 0.480 e. The van der Waals surface area contributed by atoms with Crippen molar-refractivity contribution in [3.8, 4) is 0 Å². The molecule has 1 saturated heterocycles. The van der Waals surface area contributed by atoms with Crippen LogP contribution >= 0.6 is 0 Å². The number of rotatable bonds is 16. The van der Waals surface area contributed by atoms with Crippen LogP contribution in [0.2, 0.25) is 0 Å². The summed E-state index contributed by atoms with van der Waals surface area (Å²) in [4.78, 5) is 68.7. The van der Waals surface area contributed by atoms with E-state index in [1.807, 2.05) is 0 Å². The van der Waals surface area contributed by atoms with Crippen molar-refractivity contribution < 1.29 is 34.2 Å². The Morgan fingerprint density at radius 2 is 1.68 bits per heavy atom. The van der Waals surface area contributed by atoms with Crippen LogP contribution in [0.5, 0.6) is 0 Å². The van der Waals surface area contributed by atoms with Gasteiger partial charge in [-0.1, -0.05) is 6.42 Å². The number of unbranched alkanes of at least 4 members (excludes halogenated alkanes) is 2. The van der Waals surface area contributed by atoms with Crippen LogP contribution in [-0.2, 0) is 24.0 Å². The molecule has 37 heavy (non-hydrogen) atoms. The van der Waals surface area contributed by atoms with E-state index in [0.717, 1.165) is 4.90 Å². The highest BCUT2D eigenvalue weighted by Gasteiger charge is 2.56. The molecule has 0 aromatic carbocycles. The molecular weight excluding hydrogens is 488 g/mol. The number of carbonyl (C=O) groups excluding carboxylic acids is 4. The molecule has 0 spiro atoms. The Bertz CT molecular complexity index is 862. The molecule has 12 N–H and O–H groups in total. The molecule has 4 amide bonds. The van der Waals surface area contributed by atoms with Gasteiger partial charge in [0, 0.05) is 19.5 Å². The molecule has 15 heteroatoms. The van der Waals surface area contributed by atoms with Gasteiger partial charge in [0.2, 0.25) is 17.4 Å². The maximum absolute atomic E-state index is 13.6. The Kier molecular flexibility index (Phi) is 12.8. The molecule has 0 aliphatic carbocycles. The van der Waals surface area contributed by atoms with Crippen molar-refractivity contribution in [2.45, 2.75) is 82.0 Å². The second-order valence-corrected chi connectivity index (χ2v) is 9.02. The van der Waals surface area contributed by atoms with Gasteiger partial charge in [0.05, 0.1) is 6.10 Å². The van der Waals surface area contributed by atoms with Crippen molar-refractivity contribution in [2.75, 3.05) is 19.6 Å². The van der Waals surface area contributed by atoms with Gasteiger partial charge in [0.25, 0.3) is 11.8 Å². The van der Waals surface area contributed by atoms with Gasteiger partial charge in [-0.3, -0.25) is 24.2 Å². The topological polar surface area (TPSA) is 270 Å². The number of nitrogens with one attached hydrogen (secondary N) is 2. The van der Waals surface area contributed by atoms with Crippen LogP contribution in [0.4, 0.5) is 0 Å². The Morgan fingerprint density at radius 3 is 2.22 bits per heavy atom. The fourth-order valence-electron chi connectivity index (χ4n) is 4.19. The van der Waals surface area contributed by atoms with Crippen LogP contribution < -0.4 is 33.6 Å². The van der Waals surface area contributed by atoms with Crippen LogP contribution in [0.3, 0.4) is 0 Å². The second-order valence-electron chi connectivity index (χ2n) is 9.02. The summed E-state index contributed by atoms with van der Waals surface area (Å²) in [6.07, 6.45) is 0.816. The van der Waals surface area contributed by atoms with Crippen molar-refractivity contribution in [3.63, 3.8) is 0 Å². The van der Waals surface area contributed by atoms with Crippen molar-refractivity contribution in [2.24, 2.45) is 27.9 Å². The number of aliphatic hydroxyl groups excluding tert-OH is 1. The normalized spacial score (nSPS) is 19.4. The lowest BCUT2D eigenvalue weighted by molar-refractivity contribution is -0.156. The van der Waals surface area contributed by atoms with E-state index in [0.29, 0.717) is 25.8 Å². The summed E-state index contributed by atoms with van der Waals surface area (Å²) < 4.78 is 0. The number of carboxylic acid groups (broad SMARTS) is 1. The lowest BCUT2D eigenvalue weighted by Gasteiger charge is -2.37. The van der Waals surface area contributed by atoms with Gasteiger partial charge >= 0.3 is 5.97 Å². The predicted molar refractivity (Wildman–Crippen MR) is 133 cm³/mol. The number of aliphatic hydroxyl groups is 1. The molecule has 210 valence electrons. The molecule has 15 nitrogen and oxygen atoms in total. The van der Waals surface area contributed by atoms with Crippen molar-refractivity contribution in [1.29, 1.82) is 0 Å². The summed E-state index contributed by atoms with van der Waals surface area (Å²) in [7, 11) is 0. The number of amides is 4. The lowest BCUT2D eigenvalue weighted by Crippen LogP contribution is -2.69. The Balaban J connectivity index is 3.27. The van der Waals surface area contributed by atoms with Crippen molar-refractivity contribution >= 4 is 35.6 Å². The third kappa shape index (κ3) is 8.86. The van der Waals surface area contributed by atoms with Crippen LogP contribution in [0.1, 0.15) is 58.3 Å². The van der Waals surface area contributed by atoms with Gasteiger partial charge < -0.3 is 48.7 Å². The highest BCUT2D eigenvalue weighted by molar-refractivity contribution is 6.13. The molecule has 0 bridgehead atoms. The number of aliphatic imine (C=N–C) groups is 1. The molecule has 1 aliphatic rings. The summed E-state index contributed by atoms with van der Waals surface area (Å²) in [5.41, 5.74) is 19.2. The van der Waals surface area contributed by atoms with E-state index in [1.54, 1.807) is 0 Å². The minimum atomic E-state index is -2.14. The number of likely N-dealkylation sites (tertiary alicyclic amines) is 1.